The molecule has 1 aliphatic carbocycles. The quantitative estimate of drug-likeness (QED) is 0.908. The summed E-state index contributed by atoms with van der Waals surface area (Å²) in [6.45, 7) is 1.10. The van der Waals surface area contributed by atoms with Gasteiger partial charge in [0.25, 0.3) is 0 Å². The molecule has 0 saturated heterocycles. The summed E-state index contributed by atoms with van der Waals surface area (Å²) in [6.07, 6.45) is 8.26. The van der Waals surface area contributed by atoms with Gasteiger partial charge in [-0.1, -0.05) is 32.1 Å². The fraction of sp³-hybridized carbons (Fsp3) is 0.647. The van der Waals surface area contributed by atoms with Gasteiger partial charge in [-0.25, -0.2) is 0 Å². The average Bonchev–Trinajstić information content (AvgIpc) is 2.53. The van der Waals surface area contributed by atoms with Crippen molar-refractivity contribution in [1.29, 1.82) is 0 Å². The molecule has 1 aromatic rings. The Balaban J connectivity index is 1.79. The number of benzene rings is 1. The summed E-state index contributed by atoms with van der Waals surface area (Å²) in [6, 6.07) is 4.22. The van der Waals surface area contributed by atoms with Gasteiger partial charge in [0.15, 0.2) is 11.5 Å². The molecule has 1 saturated carbocycles. The molecular formula is C17H25NO2. The number of ether oxygens (including phenoxy) is 2. The van der Waals surface area contributed by atoms with Crippen LogP contribution in [0.1, 0.15) is 37.7 Å². The summed E-state index contributed by atoms with van der Waals surface area (Å²) in [5, 5.41) is 3.60. The first-order chi connectivity index (χ1) is 9.81. The van der Waals surface area contributed by atoms with Gasteiger partial charge in [-0.3, -0.25) is 0 Å². The highest BCUT2D eigenvalue weighted by atomic mass is 16.5. The Morgan fingerprint density at radius 1 is 0.950 bits per heavy atom. The molecule has 0 spiro atoms. The lowest BCUT2D eigenvalue weighted by molar-refractivity contribution is 0.252. The smallest absolute Gasteiger partial charge is 0.162 e. The van der Waals surface area contributed by atoms with Gasteiger partial charge in [-0.05, 0) is 29.9 Å². The maximum Gasteiger partial charge on any atom is 0.162 e. The third kappa shape index (κ3) is 2.58. The molecule has 3 heteroatoms. The van der Waals surface area contributed by atoms with Gasteiger partial charge in [-0.15, -0.1) is 0 Å². The molecule has 0 aromatic heterocycles. The molecule has 0 radical (unpaired) electrons. The number of hydrogen-bond donors (Lipinski definition) is 1. The van der Waals surface area contributed by atoms with Crippen LogP contribution in [0.4, 0.5) is 5.69 Å². The second-order valence-electron chi connectivity index (χ2n) is 6.11. The van der Waals surface area contributed by atoms with Crippen molar-refractivity contribution in [2.24, 2.45) is 11.8 Å². The van der Waals surface area contributed by atoms with Gasteiger partial charge in [0, 0.05) is 18.3 Å². The van der Waals surface area contributed by atoms with Crippen LogP contribution in [-0.4, -0.2) is 20.8 Å². The largest absolute Gasteiger partial charge is 0.493 e. The van der Waals surface area contributed by atoms with Crippen molar-refractivity contribution >= 4 is 5.69 Å². The lowest BCUT2D eigenvalue weighted by atomic mass is 9.76. The van der Waals surface area contributed by atoms with Gasteiger partial charge >= 0.3 is 0 Å². The normalized spacial score (nSPS) is 22.8. The fourth-order valence-corrected chi connectivity index (χ4v) is 3.79. The molecule has 2 aliphatic rings. The zero-order chi connectivity index (χ0) is 13.9. The number of anilines is 1. The molecule has 20 heavy (non-hydrogen) atoms. The van der Waals surface area contributed by atoms with E-state index in [0.29, 0.717) is 0 Å². The van der Waals surface area contributed by atoms with Crippen LogP contribution in [0.25, 0.3) is 0 Å². The van der Waals surface area contributed by atoms with Crippen LogP contribution >= 0.6 is 0 Å². The molecule has 1 aliphatic heterocycles. The van der Waals surface area contributed by atoms with Gasteiger partial charge < -0.3 is 14.8 Å². The van der Waals surface area contributed by atoms with Crippen molar-refractivity contribution in [3.63, 3.8) is 0 Å². The Labute approximate surface area is 121 Å². The highest BCUT2D eigenvalue weighted by molar-refractivity contribution is 5.62. The minimum absolute atomic E-state index is 0.779. The number of hydrogen-bond acceptors (Lipinski definition) is 3. The minimum Gasteiger partial charge on any atom is -0.493 e. The zero-order valence-corrected chi connectivity index (χ0v) is 12.6. The Kier molecular flexibility index (Phi) is 4.04. The Morgan fingerprint density at radius 3 is 2.35 bits per heavy atom. The van der Waals surface area contributed by atoms with E-state index < -0.39 is 0 Å². The van der Waals surface area contributed by atoms with Crippen molar-refractivity contribution in [1.82, 2.24) is 0 Å². The molecule has 1 atom stereocenters. The lowest BCUT2D eigenvalue weighted by Gasteiger charge is -2.35. The summed E-state index contributed by atoms with van der Waals surface area (Å²) < 4.78 is 10.8. The lowest BCUT2D eigenvalue weighted by Crippen LogP contribution is -2.30. The second kappa shape index (κ2) is 5.94. The predicted octanol–water partition coefficient (Wildman–Crippen LogP) is 3.87. The van der Waals surface area contributed by atoms with Gasteiger partial charge in [-0.2, -0.15) is 0 Å². The summed E-state index contributed by atoms with van der Waals surface area (Å²) in [5.41, 5.74) is 2.60. The summed E-state index contributed by atoms with van der Waals surface area (Å²) >= 11 is 0. The van der Waals surface area contributed by atoms with Crippen LogP contribution in [0.2, 0.25) is 0 Å². The molecule has 0 amide bonds. The number of methoxy groups -OCH3 is 2. The first-order valence-corrected chi connectivity index (χ1v) is 7.80. The topological polar surface area (TPSA) is 30.5 Å². The van der Waals surface area contributed by atoms with E-state index in [9.17, 15) is 0 Å². The van der Waals surface area contributed by atoms with Gasteiger partial charge in [0.05, 0.1) is 14.2 Å². The van der Waals surface area contributed by atoms with E-state index >= 15 is 0 Å². The molecule has 1 aromatic carbocycles. The van der Waals surface area contributed by atoms with Crippen LogP contribution in [-0.2, 0) is 6.42 Å². The second-order valence-corrected chi connectivity index (χ2v) is 6.11. The maximum absolute atomic E-state index is 5.43. The first-order valence-electron chi connectivity index (χ1n) is 7.80. The van der Waals surface area contributed by atoms with E-state index in [-0.39, 0.29) is 0 Å². The first kappa shape index (κ1) is 13.6. The monoisotopic (exact) mass is 275 g/mol. The Morgan fingerprint density at radius 2 is 1.65 bits per heavy atom. The summed E-state index contributed by atoms with van der Waals surface area (Å²) in [7, 11) is 3.40. The third-order valence-corrected chi connectivity index (χ3v) is 4.96. The zero-order valence-electron chi connectivity index (χ0n) is 12.6. The van der Waals surface area contributed by atoms with Crippen molar-refractivity contribution < 1.29 is 9.47 Å². The number of rotatable bonds is 3. The van der Waals surface area contributed by atoms with Crippen LogP contribution in [0.3, 0.4) is 0 Å². The Bertz CT molecular complexity index is 466. The van der Waals surface area contributed by atoms with E-state index in [0.717, 1.165) is 29.9 Å². The average molecular weight is 275 g/mol. The molecule has 110 valence electrons. The van der Waals surface area contributed by atoms with E-state index in [2.05, 4.69) is 17.4 Å². The van der Waals surface area contributed by atoms with Crippen molar-refractivity contribution in [2.45, 2.75) is 38.5 Å². The van der Waals surface area contributed by atoms with Crippen molar-refractivity contribution in [3.05, 3.63) is 17.7 Å². The van der Waals surface area contributed by atoms with Gasteiger partial charge in [0.1, 0.15) is 0 Å². The van der Waals surface area contributed by atoms with Crippen LogP contribution in [0, 0.1) is 11.8 Å². The van der Waals surface area contributed by atoms with E-state index in [4.69, 9.17) is 9.47 Å². The molecule has 1 heterocycles. The molecule has 1 fully saturated rings. The summed E-state index contributed by atoms with van der Waals surface area (Å²) in [5.74, 6) is 3.34. The van der Waals surface area contributed by atoms with Crippen molar-refractivity contribution in [2.75, 3.05) is 26.1 Å². The molecule has 0 bridgehead atoms. The van der Waals surface area contributed by atoms with E-state index in [1.807, 2.05) is 0 Å². The van der Waals surface area contributed by atoms with Crippen molar-refractivity contribution in [3.8, 4) is 11.5 Å². The Hall–Kier alpha value is -1.38. The van der Waals surface area contributed by atoms with Gasteiger partial charge in [0.2, 0.25) is 0 Å². The standard InChI is InChI=1S/C17H25NO2/c1-19-16-9-13-8-14(12-6-4-3-5-7-12)11-18-15(13)10-17(16)20-2/h9-10,12,14,18H,3-8,11H2,1-2H3. The highest BCUT2D eigenvalue weighted by Crippen LogP contribution is 2.40. The predicted molar refractivity (Wildman–Crippen MR) is 81.8 cm³/mol. The van der Waals surface area contributed by atoms with Crippen LogP contribution in [0.15, 0.2) is 12.1 Å². The molecule has 3 rings (SSSR count). The number of fused-ring (bicyclic) bond motifs is 1. The third-order valence-electron chi connectivity index (χ3n) is 4.96. The molecule has 3 nitrogen and oxygen atoms in total. The van der Waals surface area contributed by atoms with E-state index in [1.165, 1.54) is 49.8 Å². The highest BCUT2D eigenvalue weighted by Gasteiger charge is 2.28. The van der Waals surface area contributed by atoms with Crippen LogP contribution < -0.4 is 14.8 Å². The van der Waals surface area contributed by atoms with Crippen LogP contribution in [0.5, 0.6) is 11.5 Å². The molecular weight excluding hydrogens is 250 g/mol. The molecule has 1 N–H and O–H groups in total. The van der Waals surface area contributed by atoms with E-state index in [1.54, 1.807) is 14.2 Å². The minimum atomic E-state index is 0.779. The summed E-state index contributed by atoms with van der Waals surface area (Å²) in [4.78, 5) is 0. The SMILES string of the molecule is COc1cc2c(cc1OC)NCC(C1CCCCC1)C2. The maximum atomic E-state index is 5.43. The molecule has 1 unspecified atom stereocenters. The fourth-order valence-electron chi connectivity index (χ4n) is 3.79. The number of nitrogens with one attached hydrogen (secondary N) is 1.